The van der Waals surface area contributed by atoms with Gasteiger partial charge in [-0.15, -0.1) is 0 Å². The number of hydrogen-bond donors (Lipinski definition) is 3. The Labute approximate surface area is 144 Å². The van der Waals surface area contributed by atoms with Gasteiger partial charge in [-0.1, -0.05) is 0 Å². The molecule has 2 fully saturated rings. The largest absolute Gasteiger partial charge is 0.391 e. The molecule has 3 N–H and O–H groups in total. The second-order valence-corrected chi connectivity index (χ2v) is 6.89. The number of nitrogens with one attached hydrogen (secondary N) is 2. The molecule has 132 valence electrons. The predicted octanol–water partition coefficient (Wildman–Crippen LogP) is 0.547. The third-order valence-corrected chi connectivity index (χ3v) is 4.83. The monoisotopic (exact) mass is 343 g/mol. The fourth-order valence-corrected chi connectivity index (χ4v) is 3.21. The molecule has 2 aromatic heterocycles. The number of aliphatic hydroxyl groups is 1. The van der Waals surface area contributed by atoms with E-state index in [9.17, 15) is 14.7 Å². The van der Waals surface area contributed by atoms with E-state index in [1.807, 2.05) is 0 Å². The molecular weight excluding hydrogens is 322 g/mol. The summed E-state index contributed by atoms with van der Waals surface area (Å²) in [6.07, 6.45) is 5.65. The Morgan fingerprint density at radius 2 is 2.20 bits per heavy atom. The normalized spacial score (nSPS) is 21.5. The maximum absolute atomic E-state index is 12.6. The quantitative estimate of drug-likeness (QED) is 0.750. The molecule has 25 heavy (non-hydrogen) atoms. The van der Waals surface area contributed by atoms with E-state index in [0.717, 1.165) is 18.5 Å². The Hall–Kier alpha value is -2.48. The van der Waals surface area contributed by atoms with Gasteiger partial charge in [-0.3, -0.25) is 9.59 Å². The van der Waals surface area contributed by atoms with E-state index in [4.69, 9.17) is 0 Å². The summed E-state index contributed by atoms with van der Waals surface area (Å²) in [4.78, 5) is 38.4. The lowest BCUT2D eigenvalue weighted by atomic mass is 10.2. The fraction of sp³-hybridized carbons (Fsp3) is 0.529. The van der Waals surface area contributed by atoms with Gasteiger partial charge in [0.2, 0.25) is 5.91 Å². The van der Waals surface area contributed by atoms with E-state index < -0.39 is 12.1 Å². The number of β-amino-alcohol motifs (C(OH)–C–C–N with tert-alkyl or cyclic N) is 1. The van der Waals surface area contributed by atoms with E-state index in [1.54, 1.807) is 24.2 Å². The first-order valence-electron chi connectivity index (χ1n) is 8.64. The van der Waals surface area contributed by atoms with Crippen molar-refractivity contribution < 1.29 is 14.7 Å². The van der Waals surface area contributed by atoms with Crippen molar-refractivity contribution in [1.82, 2.24) is 25.2 Å². The zero-order chi connectivity index (χ0) is 17.6. The molecule has 1 aliphatic carbocycles. The maximum atomic E-state index is 12.6. The van der Waals surface area contributed by atoms with Crippen molar-refractivity contribution in [3.63, 3.8) is 0 Å². The summed E-state index contributed by atoms with van der Waals surface area (Å²) < 4.78 is 0. The smallest absolute Gasteiger partial charge is 0.255 e. The molecule has 1 aliphatic heterocycles. The highest BCUT2D eigenvalue weighted by Gasteiger charge is 2.30. The number of carbonyl (C=O) groups excluding carboxylic acids is 2. The predicted molar refractivity (Wildman–Crippen MR) is 90.0 cm³/mol. The molecule has 0 spiro atoms. The van der Waals surface area contributed by atoms with Crippen LogP contribution in [0.1, 0.15) is 48.2 Å². The highest BCUT2D eigenvalue weighted by molar-refractivity contribution is 6.05. The molecule has 2 atom stereocenters. The first-order chi connectivity index (χ1) is 12.0. The molecule has 4 rings (SSSR count). The highest BCUT2D eigenvalue weighted by atomic mass is 16.3. The molecule has 0 bridgehead atoms. The second kappa shape index (κ2) is 6.11. The van der Waals surface area contributed by atoms with Crippen molar-refractivity contribution in [3.8, 4) is 0 Å². The number of aromatic nitrogens is 3. The van der Waals surface area contributed by atoms with Crippen LogP contribution in [-0.2, 0) is 4.79 Å². The Balaban J connectivity index is 1.49. The molecule has 3 heterocycles. The van der Waals surface area contributed by atoms with Gasteiger partial charge in [-0.2, -0.15) is 0 Å². The number of hydrogen-bond acceptors (Lipinski definition) is 5. The van der Waals surface area contributed by atoms with Gasteiger partial charge >= 0.3 is 0 Å². The van der Waals surface area contributed by atoms with E-state index in [0.29, 0.717) is 42.2 Å². The summed E-state index contributed by atoms with van der Waals surface area (Å²) in [6.45, 7) is 2.49. The number of aliphatic hydroxyl groups excluding tert-OH is 1. The van der Waals surface area contributed by atoms with Gasteiger partial charge in [-0.05, 0) is 26.2 Å². The minimum absolute atomic E-state index is 0.186. The molecule has 1 saturated carbocycles. The average Bonchev–Trinajstić information content (AvgIpc) is 3.22. The Bertz CT molecular complexity index is 829. The van der Waals surface area contributed by atoms with Crippen LogP contribution in [0, 0.1) is 0 Å². The van der Waals surface area contributed by atoms with Crippen LogP contribution >= 0.6 is 0 Å². The molecule has 8 heteroatoms. The molecule has 8 nitrogen and oxygen atoms in total. The molecule has 1 saturated heterocycles. The van der Waals surface area contributed by atoms with Crippen molar-refractivity contribution in [3.05, 3.63) is 23.7 Å². The van der Waals surface area contributed by atoms with Gasteiger partial charge in [0.15, 0.2) is 5.65 Å². The van der Waals surface area contributed by atoms with Crippen LogP contribution in [0.5, 0.6) is 0 Å². The summed E-state index contributed by atoms with van der Waals surface area (Å²) in [6, 6.07) is -0.665. The highest BCUT2D eigenvalue weighted by Crippen LogP contribution is 2.39. The summed E-state index contributed by atoms with van der Waals surface area (Å²) >= 11 is 0. The standard InChI is InChI=1S/C17H21N5O3/c1-9(17(25)22-5-4-11(23)8-22)20-16(24)12-6-18-15-14(12)21-13(7-19-15)10-2-3-10/h6-7,9-11,23H,2-5,8H2,1H3,(H,18,19)(H,20,24)/t9?,11-/m1/s1. The first-order valence-corrected chi connectivity index (χ1v) is 8.64. The molecule has 2 aromatic rings. The fourth-order valence-electron chi connectivity index (χ4n) is 3.21. The van der Waals surface area contributed by atoms with Gasteiger partial charge in [0.25, 0.3) is 5.91 Å². The number of H-pyrrole nitrogens is 1. The number of likely N-dealkylation sites (tertiary alicyclic amines) is 1. The molecule has 0 radical (unpaired) electrons. The summed E-state index contributed by atoms with van der Waals surface area (Å²) in [5, 5.41) is 12.3. The summed E-state index contributed by atoms with van der Waals surface area (Å²) in [7, 11) is 0. The van der Waals surface area contributed by atoms with Crippen molar-refractivity contribution >= 4 is 23.0 Å². The minimum atomic E-state index is -0.665. The zero-order valence-corrected chi connectivity index (χ0v) is 14.0. The SMILES string of the molecule is CC(NC(=O)c1c[nH]c2ncc(C3CC3)nc12)C(=O)N1CC[C@@H](O)C1. The summed E-state index contributed by atoms with van der Waals surface area (Å²) in [5.74, 6) is -0.0895. The van der Waals surface area contributed by atoms with Crippen molar-refractivity contribution in [2.75, 3.05) is 13.1 Å². The molecule has 0 aromatic carbocycles. The van der Waals surface area contributed by atoms with Crippen LogP contribution in [-0.4, -0.2) is 62.0 Å². The number of carbonyl (C=O) groups is 2. The van der Waals surface area contributed by atoms with Crippen molar-refractivity contribution in [1.29, 1.82) is 0 Å². The second-order valence-electron chi connectivity index (χ2n) is 6.89. The number of aromatic amines is 1. The lowest BCUT2D eigenvalue weighted by Gasteiger charge is -2.21. The van der Waals surface area contributed by atoms with Gasteiger partial charge in [0.05, 0.1) is 23.6 Å². The van der Waals surface area contributed by atoms with Crippen LogP contribution in [0.3, 0.4) is 0 Å². The Morgan fingerprint density at radius 1 is 1.40 bits per heavy atom. The van der Waals surface area contributed by atoms with Crippen LogP contribution < -0.4 is 5.32 Å². The van der Waals surface area contributed by atoms with Gasteiger partial charge in [0.1, 0.15) is 11.6 Å². The lowest BCUT2D eigenvalue weighted by molar-refractivity contribution is -0.132. The van der Waals surface area contributed by atoms with Crippen LogP contribution in [0.15, 0.2) is 12.4 Å². The van der Waals surface area contributed by atoms with Gasteiger partial charge < -0.3 is 20.3 Å². The topological polar surface area (TPSA) is 111 Å². The number of nitrogens with zero attached hydrogens (tertiary/aromatic N) is 3. The number of rotatable bonds is 4. The number of amides is 2. The zero-order valence-electron chi connectivity index (χ0n) is 14.0. The lowest BCUT2D eigenvalue weighted by Crippen LogP contribution is -2.46. The summed E-state index contributed by atoms with van der Waals surface area (Å²) in [5.41, 5.74) is 2.41. The molecular formula is C17H21N5O3. The van der Waals surface area contributed by atoms with Crippen LogP contribution in [0.25, 0.3) is 11.2 Å². The van der Waals surface area contributed by atoms with Gasteiger partial charge in [-0.25, -0.2) is 9.97 Å². The minimum Gasteiger partial charge on any atom is -0.391 e. The van der Waals surface area contributed by atoms with Gasteiger partial charge in [0, 0.05) is 25.2 Å². The number of fused-ring (bicyclic) bond motifs is 1. The third-order valence-electron chi connectivity index (χ3n) is 4.83. The molecule has 2 aliphatic rings. The van der Waals surface area contributed by atoms with E-state index in [2.05, 4.69) is 20.3 Å². The first kappa shape index (κ1) is 16.0. The Kier molecular flexibility index (Phi) is 3.91. The maximum Gasteiger partial charge on any atom is 0.255 e. The Morgan fingerprint density at radius 3 is 2.88 bits per heavy atom. The molecule has 1 unspecified atom stereocenters. The van der Waals surface area contributed by atoms with Crippen LogP contribution in [0.2, 0.25) is 0 Å². The van der Waals surface area contributed by atoms with Crippen molar-refractivity contribution in [2.24, 2.45) is 0 Å². The third kappa shape index (κ3) is 3.09. The van der Waals surface area contributed by atoms with E-state index >= 15 is 0 Å². The average molecular weight is 343 g/mol. The van der Waals surface area contributed by atoms with Crippen molar-refractivity contribution in [2.45, 2.75) is 44.2 Å². The molecule has 2 amide bonds. The van der Waals surface area contributed by atoms with E-state index in [-0.39, 0.29) is 11.8 Å². The van der Waals surface area contributed by atoms with Crippen LogP contribution in [0.4, 0.5) is 0 Å². The van der Waals surface area contributed by atoms with E-state index in [1.165, 1.54) is 0 Å².